The van der Waals surface area contributed by atoms with E-state index in [2.05, 4.69) is 0 Å². The summed E-state index contributed by atoms with van der Waals surface area (Å²) in [7, 11) is 0. The first-order chi connectivity index (χ1) is 7.98. The van der Waals surface area contributed by atoms with Crippen LogP contribution >= 0.6 is 11.8 Å². The zero-order valence-corrected chi connectivity index (χ0v) is 12.5. The summed E-state index contributed by atoms with van der Waals surface area (Å²) >= 11 is 1.14. The molecule has 0 aromatic heterocycles. The molecule has 0 amide bonds. The van der Waals surface area contributed by atoms with E-state index in [9.17, 15) is 14.4 Å². The summed E-state index contributed by atoms with van der Waals surface area (Å²) in [6.45, 7) is 9.27. The Balaban J connectivity index is 4.58. The minimum Gasteiger partial charge on any atom is -0.481 e. The number of hydrogen-bond donors (Lipinski definition) is 1. The summed E-state index contributed by atoms with van der Waals surface area (Å²) in [5, 5.41) is 8.39. The monoisotopic (exact) mass is 274 g/mol. The van der Waals surface area contributed by atoms with E-state index in [0.717, 1.165) is 11.8 Å². The van der Waals surface area contributed by atoms with E-state index in [0.29, 0.717) is 6.42 Å². The molecule has 104 valence electrons. The van der Waals surface area contributed by atoms with Crippen LogP contribution in [0.2, 0.25) is 0 Å². The average molecular weight is 274 g/mol. The van der Waals surface area contributed by atoms with Crippen molar-refractivity contribution >= 4 is 28.6 Å². The highest BCUT2D eigenvalue weighted by Gasteiger charge is 2.40. The lowest BCUT2D eigenvalue weighted by Crippen LogP contribution is -2.38. The van der Waals surface area contributed by atoms with Crippen molar-refractivity contribution in [2.75, 3.05) is 0 Å². The van der Waals surface area contributed by atoms with Gasteiger partial charge in [-0.15, -0.1) is 0 Å². The van der Waals surface area contributed by atoms with Crippen LogP contribution in [0.4, 0.5) is 0 Å². The van der Waals surface area contributed by atoms with Crippen LogP contribution in [-0.4, -0.2) is 26.7 Å². The predicted octanol–water partition coefficient (Wildman–Crippen LogP) is 2.89. The predicted molar refractivity (Wildman–Crippen MR) is 72.6 cm³/mol. The third kappa shape index (κ3) is 5.67. The highest BCUT2D eigenvalue weighted by Crippen LogP contribution is 2.44. The maximum Gasteiger partial charge on any atom is 0.303 e. The summed E-state index contributed by atoms with van der Waals surface area (Å²) in [5.74, 6) is -0.878. The standard InChI is InChI=1S/C13H22O4S/c1-9(14)8-12(2,3)13(4,5)18-11(17)7-6-10(15)16/h6-8H2,1-5H3,(H,15,16). The maximum absolute atomic E-state index is 11.7. The largest absolute Gasteiger partial charge is 0.481 e. The Morgan fingerprint density at radius 3 is 1.94 bits per heavy atom. The highest BCUT2D eigenvalue weighted by atomic mass is 32.2. The van der Waals surface area contributed by atoms with Crippen LogP contribution in [0.5, 0.6) is 0 Å². The van der Waals surface area contributed by atoms with Gasteiger partial charge in [-0.25, -0.2) is 0 Å². The fourth-order valence-electron chi connectivity index (χ4n) is 1.52. The Hall–Kier alpha value is -0.840. The highest BCUT2D eigenvalue weighted by molar-refractivity contribution is 8.14. The molecular weight excluding hydrogens is 252 g/mol. The van der Waals surface area contributed by atoms with Crippen LogP contribution in [0.25, 0.3) is 0 Å². The Morgan fingerprint density at radius 2 is 1.56 bits per heavy atom. The van der Waals surface area contributed by atoms with Crippen LogP contribution < -0.4 is 0 Å². The summed E-state index contributed by atoms with van der Waals surface area (Å²) in [6.07, 6.45) is 0.286. The molecule has 0 rings (SSSR count). The van der Waals surface area contributed by atoms with Crippen LogP contribution in [-0.2, 0) is 14.4 Å². The van der Waals surface area contributed by atoms with Gasteiger partial charge in [-0.2, -0.15) is 0 Å². The van der Waals surface area contributed by atoms with Gasteiger partial charge in [-0.05, 0) is 26.2 Å². The zero-order valence-electron chi connectivity index (χ0n) is 11.7. The SMILES string of the molecule is CC(=O)CC(C)(C)C(C)(C)SC(=O)CCC(=O)O. The van der Waals surface area contributed by atoms with Gasteiger partial charge in [-0.1, -0.05) is 25.6 Å². The molecule has 0 fully saturated rings. The van der Waals surface area contributed by atoms with Crippen LogP contribution in [0, 0.1) is 5.41 Å². The van der Waals surface area contributed by atoms with E-state index in [-0.39, 0.29) is 29.2 Å². The van der Waals surface area contributed by atoms with Crippen molar-refractivity contribution in [1.29, 1.82) is 0 Å². The zero-order chi connectivity index (χ0) is 14.6. The molecule has 0 aliphatic heterocycles. The molecule has 0 atom stereocenters. The number of carbonyl (C=O) groups is 3. The fraction of sp³-hybridized carbons (Fsp3) is 0.769. The van der Waals surface area contributed by atoms with Gasteiger partial charge in [0.05, 0.1) is 6.42 Å². The summed E-state index contributed by atoms with van der Waals surface area (Å²) in [4.78, 5) is 33.4. The van der Waals surface area contributed by atoms with Crippen molar-refractivity contribution in [1.82, 2.24) is 0 Å². The molecule has 18 heavy (non-hydrogen) atoms. The normalized spacial score (nSPS) is 12.3. The summed E-state index contributed by atoms with van der Waals surface area (Å²) in [5.41, 5.74) is -0.317. The second-order valence-electron chi connectivity index (χ2n) is 5.64. The smallest absolute Gasteiger partial charge is 0.303 e. The number of carboxylic acids is 1. The number of carboxylic acid groups (broad SMARTS) is 1. The van der Waals surface area contributed by atoms with Gasteiger partial charge in [0.15, 0.2) is 5.12 Å². The number of ketones is 1. The minimum absolute atomic E-state index is 0.0274. The molecule has 0 unspecified atom stereocenters. The van der Waals surface area contributed by atoms with Crippen LogP contribution in [0.3, 0.4) is 0 Å². The number of carbonyl (C=O) groups excluding carboxylic acids is 2. The first kappa shape index (κ1) is 17.2. The number of Topliss-reactive ketones (excluding diaryl/α,β-unsaturated/α-hetero) is 1. The Bertz CT molecular complexity index is 345. The van der Waals surface area contributed by atoms with Crippen molar-refractivity contribution < 1.29 is 19.5 Å². The van der Waals surface area contributed by atoms with E-state index in [1.807, 2.05) is 27.7 Å². The summed E-state index contributed by atoms with van der Waals surface area (Å²) in [6, 6.07) is 0. The van der Waals surface area contributed by atoms with Crippen molar-refractivity contribution in [2.24, 2.45) is 5.41 Å². The molecular formula is C13H22O4S. The Morgan fingerprint density at radius 1 is 1.06 bits per heavy atom. The lowest BCUT2D eigenvalue weighted by molar-refractivity contribution is -0.138. The van der Waals surface area contributed by atoms with Crippen LogP contribution in [0.1, 0.15) is 53.9 Å². The van der Waals surface area contributed by atoms with Gasteiger partial charge in [0.25, 0.3) is 0 Å². The molecule has 0 spiro atoms. The van der Waals surface area contributed by atoms with Gasteiger partial charge < -0.3 is 9.90 Å². The van der Waals surface area contributed by atoms with Gasteiger partial charge in [0.1, 0.15) is 5.78 Å². The van der Waals surface area contributed by atoms with Crippen LogP contribution in [0.15, 0.2) is 0 Å². The molecule has 0 heterocycles. The fourth-order valence-corrected chi connectivity index (χ4v) is 2.64. The van der Waals surface area contributed by atoms with Crippen molar-refractivity contribution in [2.45, 2.75) is 58.6 Å². The number of hydrogen-bond acceptors (Lipinski definition) is 4. The summed E-state index contributed by atoms with van der Waals surface area (Å²) < 4.78 is -0.408. The third-order valence-corrected chi connectivity index (χ3v) is 4.73. The second kappa shape index (κ2) is 6.36. The van der Waals surface area contributed by atoms with E-state index >= 15 is 0 Å². The molecule has 1 N–H and O–H groups in total. The minimum atomic E-state index is -0.968. The maximum atomic E-state index is 11.7. The molecule has 4 nitrogen and oxygen atoms in total. The van der Waals surface area contributed by atoms with Gasteiger partial charge >= 0.3 is 5.97 Å². The Kier molecular flexibility index (Phi) is 6.07. The number of aliphatic carboxylic acids is 1. The average Bonchev–Trinajstić information content (AvgIpc) is 2.11. The van der Waals surface area contributed by atoms with Gasteiger partial charge in [0, 0.05) is 17.6 Å². The topological polar surface area (TPSA) is 71.4 Å². The first-order valence-electron chi connectivity index (χ1n) is 5.91. The first-order valence-corrected chi connectivity index (χ1v) is 6.72. The molecule has 0 bridgehead atoms. The molecule has 0 saturated carbocycles. The second-order valence-corrected chi connectivity index (χ2v) is 7.32. The van der Waals surface area contributed by atoms with Gasteiger partial charge in [0.2, 0.25) is 0 Å². The number of rotatable bonds is 7. The molecule has 5 heteroatoms. The van der Waals surface area contributed by atoms with E-state index in [1.165, 1.54) is 6.92 Å². The number of thioether (sulfide) groups is 1. The lowest BCUT2D eigenvalue weighted by Gasteiger charge is -2.40. The van der Waals surface area contributed by atoms with E-state index in [4.69, 9.17) is 5.11 Å². The van der Waals surface area contributed by atoms with Crippen molar-refractivity contribution in [3.8, 4) is 0 Å². The molecule has 0 aromatic rings. The molecule has 0 aliphatic rings. The quantitative estimate of drug-likeness (QED) is 0.773. The van der Waals surface area contributed by atoms with Crippen molar-refractivity contribution in [3.63, 3.8) is 0 Å². The third-order valence-electron chi connectivity index (χ3n) is 3.23. The Labute approximate surface area is 113 Å². The van der Waals surface area contributed by atoms with E-state index in [1.54, 1.807) is 0 Å². The lowest BCUT2D eigenvalue weighted by atomic mass is 9.76. The van der Waals surface area contributed by atoms with Crippen molar-refractivity contribution in [3.05, 3.63) is 0 Å². The van der Waals surface area contributed by atoms with Gasteiger partial charge in [-0.3, -0.25) is 9.59 Å². The molecule has 0 radical (unpaired) electrons. The van der Waals surface area contributed by atoms with E-state index < -0.39 is 10.7 Å². The molecule has 0 saturated heterocycles. The molecule has 0 aromatic carbocycles. The molecule has 0 aliphatic carbocycles.